The van der Waals surface area contributed by atoms with Gasteiger partial charge < -0.3 is 15.0 Å². The fourth-order valence-electron chi connectivity index (χ4n) is 4.01. The van der Waals surface area contributed by atoms with Crippen LogP contribution in [0.4, 0.5) is 10.1 Å². The molecule has 35 heavy (non-hydrogen) atoms. The summed E-state index contributed by atoms with van der Waals surface area (Å²) in [5, 5.41) is 3.21. The maximum atomic E-state index is 13.4. The molecule has 1 atom stereocenters. The van der Waals surface area contributed by atoms with Crippen LogP contribution >= 0.6 is 12.2 Å². The van der Waals surface area contributed by atoms with Crippen molar-refractivity contribution in [2.75, 3.05) is 19.0 Å². The third-order valence-electron chi connectivity index (χ3n) is 5.89. The molecule has 2 amide bonds. The van der Waals surface area contributed by atoms with Crippen LogP contribution in [0.25, 0.3) is 0 Å². The lowest BCUT2D eigenvalue weighted by atomic mass is 10.1. The Balaban J connectivity index is 1.50. The lowest BCUT2D eigenvalue weighted by molar-refractivity contribution is -0.130. The van der Waals surface area contributed by atoms with E-state index in [9.17, 15) is 14.0 Å². The minimum Gasteiger partial charge on any atom is -0.497 e. The summed E-state index contributed by atoms with van der Waals surface area (Å²) < 4.78 is 18.5. The second-order valence-electron chi connectivity index (χ2n) is 8.26. The third kappa shape index (κ3) is 6.02. The van der Waals surface area contributed by atoms with Crippen molar-refractivity contribution in [1.82, 2.24) is 9.80 Å². The van der Waals surface area contributed by atoms with Gasteiger partial charge in [-0.2, -0.15) is 0 Å². The lowest BCUT2D eigenvalue weighted by Crippen LogP contribution is -2.37. The first-order valence-corrected chi connectivity index (χ1v) is 11.7. The van der Waals surface area contributed by atoms with E-state index in [4.69, 9.17) is 17.0 Å². The molecule has 0 aliphatic carbocycles. The topological polar surface area (TPSA) is 61.9 Å². The Morgan fingerprint density at radius 3 is 2.34 bits per heavy atom. The molecule has 1 aliphatic heterocycles. The fourth-order valence-corrected chi connectivity index (χ4v) is 4.38. The normalized spacial score (nSPS) is 15.4. The van der Waals surface area contributed by atoms with E-state index in [2.05, 4.69) is 5.32 Å². The number of nitrogens with zero attached hydrogens (tertiary/aromatic N) is 2. The summed E-state index contributed by atoms with van der Waals surface area (Å²) in [6.45, 7) is 0.714. The molecule has 1 saturated heterocycles. The fraction of sp³-hybridized carbons (Fsp3) is 0.222. The van der Waals surface area contributed by atoms with Crippen LogP contribution in [0.1, 0.15) is 17.5 Å². The number of nitrogens with one attached hydrogen (secondary N) is 1. The van der Waals surface area contributed by atoms with E-state index >= 15 is 0 Å². The number of hydrogen-bond acceptors (Lipinski definition) is 4. The van der Waals surface area contributed by atoms with Gasteiger partial charge in [-0.05, 0) is 66.2 Å². The van der Waals surface area contributed by atoms with E-state index in [0.29, 0.717) is 36.1 Å². The summed E-state index contributed by atoms with van der Waals surface area (Å²) in [6, 6.07) is 22.1. The highest BCUT2D eigenvalue weighted by molar-refractivity contribution is 7.80. The number of thiocarbonyl (C=S) groups is 1. The predicted molar refractivity (Wildman–Crippen MR) is 136 cm³/mol. The third-order valence-corrected chi connectivity index (χ3v) is 6.34. The van der Waals surface area contributed by atoms with Crippen LogP contribution in [0.2, 0.25) is 0 Å². The van der Waals surface area contributed by atoms with Gasteiger partial charge in [-0.15, -0.1) is 0 Å². The molecular formula is C27H26FN3O3S. The van der Waals surface area contributed by atoms with Crippen molar-refractivity contribution in [3.8, 4) is 5.75 Å². The molecule has 1 unspecified atom stereocenters. The van der Waals surface area contributed by atoms with E-state index < -0.39 is 6.04 Å². The summed E-state index contributed by atoms with van der Waals surface area (Å²) in [4.78, 5) is 29.6. The maximum absolute atomic E-state index is 13.4. The van der Waals surface area contributed by atoms with Crippen LogP contribution in [-0.4, -0.2) is 46.4 Å². The van der Waals surface area contributed by atoms with Gasteiger partial charge in [-0.3, -0.25) is 14.5 Å². The average molecular weight is 492 g/mol. The Hall–Kier alpha value is -3.78. The summed E-state index contributed by atoms with van der Waals surface area (Å²) in [6.07, 6.45) is 0.579. The Bertz CT molecular complexity index is 1190. The van der Waals surface area contributed by atoms with Crippen molar-refractivity contribution < 1.29 is 18.7 Å². The summed E-state index contributed by atoms with van der Waals surface area (Å²) in [5.74, 6) is -0.171. The Morgan fingerprint density at radius 2 is 1.69 bits per heavy atom. The first-order valence-electron chi connectivity index (χ1n) is 11.3. The second kappa shape index (κ2) is 11.1. The monoisotopic (exact) mass is 491 g/mol. The van der Waals surface area contributed by atoms with Gasteiger partial charge in [0.15, 0.2) is 5.11 Å². The second-order valence-corrected chi connectivity index (χ2v) is 8.62. The van der Waals surface area contributed by atoms with Crippen molar-refractivity contribution in [2.24, 2.45) is 0 Å². The standard InChI is InChI=1S/C27H26FN3O3S/c1-34-23-13-11-22(12-14-23)29-25(32)17-24-26(33)30(16-15-19-5-3-2-4-6-19)27(35)31(24)18-20-7-9-21(28)10-8-20/h2-14,24H,15-18H2,1H3,(H,29,32). The number of carbonyl (C=O) groups is 2. The molecule has 4 rings (SSSR count). The van der Waals surface area contributed by atoms with Crippen LogP contribution in [0.15, 0.2) is 78.9 Å². The number of halogens is 1. The molecule has 0 bridgehead atoms. The zero-order valence-electron chi connectivity index (χ0n) is 19.3. The number of amides is 2. The van der Waals surface area contributed by atoms with Crippen molar-refractivity contribution in [3.63, 3.8) is 0 Å². The zero-order chi connectivity index (χ0) is 24.8. The number of rotatable bonds is 9. The minimum atomic E-state index is -0.749. The summed E-state index contributed by atoms with van der Waals surface area (Å²) in [7, 11) is 1.57. The smallest absolute Gasteiger partial charge is 0.252 e. The van der Waals surface area contributed by atoms with Gasteiger partial charge in [0.2, 0.25) is 5.91 Å². The van der Waals surface area contributed by atoms with Crippen LogP contribution in [0.3, 0.4) is 0 Å². The molecule has 3 aromatic carbocycles. The molecule has 3 aromatic rings. The van der Waals surface area contributed by atoms with Crippen molar-refractivity contribution in [1.29, 1.82) is 0 Å². The van der Waals surface area contributed by atoms with Crippen LogP contribution in [0.5, 0.6) is 5.75 Å². The maximum Gasteiger partial charge on any atom is 0.252 e. The van der Waals surface area contributed by atoms with Crippen LogP contribution in [0, 0.1) is 5.82 Å². The highest BCUT2D eigenvalue weighted by Gasteiger charge is 2.43. The van der Waals surface area contributed by atoms with Gasteiger partial charge in [0, 0.05) is 18.8 Å². The molecule has 6 nitrogen and oxygen atoms in total. The molecule has 0 radical (unpaired) electrons. The number of anilines is 1. The average Bonchev–Trinajstić information content (AvgIpc) is 3.08. The van der Waals surface area contributed by atoms with Crippen LogP contribution in [-0.2, 0) is 22.6 Å². The highest BCUT2D eigenvalue weighted by Crippen LogP contribution is 2.25. The van der Waals surface area contributed by atoms with E-state index in [-0.39, 0.29) is 24.1 Å². The zero-order valence-corrected chi connectivity index (χ0v) is 20.1. The number of hydrogen-bond donors (Lipinski definition) is 1. The molecule has 0 spiro atoms. The van der Waals surface area contributed by atoms with Gasteiger partial charge in [-0.1, -0.05) is 42.5 Å². The first kappa shape index (κ1) is 24.3. The number of carbonyl (C=O) groups excluding carboxylic acids is 2. The van der Waals surface area contributed by atoms with E-state index in [1.807, 2.05) is 30.3 Å². The Labute approximate surface area is 209 Å². The summed E-state index contributed by atoms with van der Waals surface area (Å²) in [5.41, 5.74) is 2.50. The molecule has 180 valence electrons. The molecule has 1 heterocycles. The number of benzene rings is 3. The van der Waals surface area contributed by atoms with E-state index in [1.54, 1.807) is 53.3 Å². The quantitative estimate of drug-likeness (QED) is 0.450. The molecule has 1 aliphatic rings. The van der Waals surface area contributed by atoms with Crippen molar-refractivity contribution >= 4 is 34.8 Å². The van der Waals surface area contributed by atoms with Gasteiger partial charge in [0.1, 0.15) is 17.6 Å². The SMILES string of the molecule is COc1ccc(NC(=O)CC2C(=O)N(CCc3ccccc3)C(=S)N2Cc2ccc(F)cc2)cc1. The largest absolute Gasteiger partial charge is 0.497 e. The molecule has 1 fully saturated rings. The number of ether oxygens (including phenoxy) is 1. The number of methoxy groups -OCH3 is 1. The van der Waals surface area contributed by atoms with Gasteiger partial charge in [0.05, 0.1) is 13.5 Å². The van der Waals surface area contributed by atoms with Crippen LogP contribution < -0.4 is 10.1 Å². The van der Waals surface area contributed by atoms with Gasteiger partial charge >= 0.3 is 0 Å². The first-order chi connectivity index (χ1) is 16.9. The van der Waals surface area contributed by atoms with E-state index in [1.165, 1.54) is 12.1 Å². The molecule has 1 N–H and O–H groups in total. The van der Waals surface area contributed by atoms with Gasteiger partial charge in [0.25, 0.3) is 5.91 Å². The lowest BCUT2D eigenvalue weighted by Gasteiger charge is -2.24. The Kier molecular flexibility index (Phi) is 7.72. The highest BCUT2D eigenvalue weighted by atomic mass is 32.1. The van der Waals surface area contributed by atoms with E-state index in [0.717, 1.165) is 11.1 Å². The molecule has 8 heteroatoms. The van der Waals surface area contributed by atoms with Gasteiger partial charge in [-0.25, -0.2) is 4.39 Å². The minimum absolute atomic E-state index is 0.0615. The summed E-state index contributed by atoms with van der Waals surface area (Å²) >= 11 is 5.68. The van der Waals surface area contributed by atoms with Crippen molar-refractivity contribution in [3.05, 3.63) is 95.8 Å². The molecule has 0 saturated carbocycles. The van der Waals surface area contributed by atoms with Crippen molar-refractivity contribution in [2.45, 2.75) is 25.4 Å². The predicted octanol–water partition coefficient (Wildman–Crippen LogP) is 4.40. The Morgan fingerprint density at radius 1 is 1.00 bits per heavy atom. The molecule has 0 aromatic heterocycles. The molecular weight excluding hydrogens is 465 g/mol.